The molecule has 2 rings (SSSR count). The van der Waals surface area contributed by atoms with Gasteiger partial charge in [-0.2, -0.15) is 0 Å². The van der Waals surface area contributed by atoms with Crippen molar-refractivity contribution in [1.29, 1.82) is 0 Å². The van der Waals surface area contributed by atoms with Gasteiger partial charge in [0, 0.05) is 18.7 Å². The molecule has 0 aromatic heterocycles. The number of benzene rings is 2. The number of amides is 1. The van der Waals surface area contributed by atoms with Gasteiger partial charge in [0.2, 0.25) is 5.91 Å². The van der Waals surface area contributed by atoms with Crippen molar-refractivity contribution in [3.63, 3.8) is 0 Å². The van der Waals surface area contributed by atoms with Gasteiger partial charge in [0.05, 0.1) is 6.61 Å². The zero-order chi connectivity index (χ0) is 14.9. The fourth-order valence-electron chi connectivity index (χ4n) is 1.89. The van der Waals surface area contributed by atoms with Gasteiger partial charge in [-0.3, -0.25) is 4.79 Å². The van der Waals surface area contributed by atoms with Crippen molar-refractivity contribution in [3.05, 3.63) is 60.2 Å². The highest BCUT2D eigenvalue weighted by molar-refractivity contribution is 5.90. The first-order chi connectivity index (χ1) is 10.3. The number of anilines is 1. The van der Waals surface area contributed by atoms with E-state index in [4.69, 9.17) is 10.5 Å². The van der Waals surface area contributed by atoms with Gasteiger partial charge < -0.3 is 15.8 Å². The van der Waals surface area contributed by atoms with Crippen molar-refractivity contribution in [2.24, 2.45) is 5.73 Å². The molecule has 3 N–H and O–H groups in total. The predicted octanol–water partition coefficient (Wildman–Crippen LogP) is 2.94. The summed E-state index contributed by atoms with van der Waals surface area (Å²) < 4.78 is 5.54. The van der Waals surface area contributed by atoms with E-state index in [0.717, 1.165) is 17.0 Å². The van der Waals surface area contributed by atoms with Gasteiger partial charge in [0.15, 0.2) is 0 Å². The Balaban J connectivity index is 1.67. The molecule has 0 aliphatic carbocycles. The molecular formula is C17H20N2O2. The van der Waals surface area contributed by atoms with E-state index in [1.807, 2.05) is 54.6 Å². The molecule has 0 spiro atoms. The SMILES string of the molecule is NCc1ccc(NC(=O)CCCOc2ccccc2)cc1. The molecule has 2 aromatic carbocycles. The third-order valence-electron chi connectivity index (χ3n) is 3.03. The Labute approximate surface area is 124 Å². The average molecular weight is 284 g/mol. The molecule has 0 heterocycles. The normalized spacial score (nSPS) is 10.1. The van der Waals surface area contributed by atoms with Crippen LogP contribution in [0.15, 0.2) is 54.6 Å². The monoisotopic (exact) mass is 284 g/mol. The lowest BCUT2D eigenvalue weighted by Crippen LogP contribution is -2.12. The molecule has 0 saturated heterocycles. The highest BCUT2D eigenvalue weighted by Crippen LogP contribution is 2.11. The summed E-state index contributed by atoms with van der Waals surface area (Å²) in [6, 6.07) is 17.1. The summed E-state index contributed by atoms with van der Waals surface area (Å²) in [7, 11) is 0. The van der Waals surface area contributed by atoms with Crippen molar-refractivity contribution in [2.75, 3.05) is 11.9 Å². The van der Waals surface area contributed by atoms with E-state index >= 15 is 0 Å². The Kier molecular flexibility index (Phi) is 5.79. The van der Waals surface area contributed by atoms with Crippen LogP contribution in [0.3, 0.4) is 0 Å². The van der Waals surface area contributed by atoms with Crippen LogP contribution in [0.2, 0.25) is 0 Å². The van der Waals surface area contributed by atoms with E-state index in [2.05, 4.69) is 5.32 Å². The topological polar surface area (TPSA) is 64.3 Å². The van der Waals surface area contributed by atoms with E-state index in [1.54, 1.807) is 0 Å². The Morgan fingerprint density at radius 3 is 2.43 bits per heavy atom. The predicted molar refractivity (Wildman–Crippen MR) is 84.1 cm³/mol. The second kappa shape index (κ2) is 8.07. The second-order valence-corrected chi connectivity index (χ2v) is 4.71. The van der Waals surface area contributed by atoms with Gasteiger partial charge in [-0.25, -0.2) is 0 Å². The fourth-order valence-corrected chi connectivity index (χ4v) is 1.89. The zero-order valence-electron chi connectivity index (χ0n) is 11.9. The van der Waals surface area contributed by atoms with Crippen molar-refractivity contribution < 1.29 is 9.53 Å². The summed E-state index contributed by atoms with van der Waals surface area (Å²) in [5.74, 6) is 0.822. The number of carbonyl (C=O) groups is 1. The molecule has 0 aliphatic heterocycles. The highest BCUT2D eigenvalue weighted by atomic mass is 16.5. The first-order valence-corrected chi connectivity index (χ1v) is 7.04. The van der Waals surface area contributed by atoms with Crippen molar-refractivity contribution in [1.82, 2.24) is 0 Å². The van der Waals surface area contributed by atoms with E-state index in [-0.39, 0.29) is 5.91 Å². The standard InChI is InChI=1S/C17H20N2O2/c18-13-14-8-10-15(11-9-14)19-17(20)7-4-12-21-16-5-2-1-3-6-16/h1-3,5-6,8-11H,4,7,12-13,18H2,(H,19,20). The molecule has 21 heavy (non-hydrogen) atoms. The molecule has 1 amide bonds. The number of carbonyl (C=O) groups excluding carboxylic acids is 1. The van der Waals surface area contributed by atoms with Crippen molar-refractivity contribution in [3.8, 4) is 5.75 Å². The third-order valence-corrected chi connectivity index (χ3v) is 3.03. The van der Waals surface area contributed by atoms with Gasteiger partial charge in [-0.1, -0.05) is 30.3 Å². The Bertz CT molecular complexity index is 553. The molecule has 0 unspecified atom stereocenters. The van der Waals surface area contributed by atoms with Crippen LogP contribution < -0.4 is 15.8 Å². The van der Waals surface area contributed by atoms with Crippen LogP contribution in [-0.4, -0.2) is 12.5 Å². The zero-order valence-corrected chi connectivity index (χ0v) is 11.9. The van der Waals surface area contributed by atoms with E-state index in [1.165, 1.54) is 0 Å². The molecule has 0 saturated carbocycles. The van der Waals surface area contributed by atoms with Crippen LogP contribution in [0.4, 0.5) is 5.69 Å². The lowest BCUT2D eigenvalue weighted by atomic mass is 10.2. The maximum absolute atomic E-state index is 11.8. The Morgan fingerprint density at radius 1 is 1.05 bits per heavy atom. The van der Waals surface area contributed by atoms with Crippen LogP contribution in [0.1, 0.15) is 18.4 Å². The Hall–Kier alpha value is -2.33. The van der Waals surface area contributed by atoms with Gasteiger partial charge >= 0.3 is 0 Å². The van der Waals surface area contributed by atoms with Crippen molar-refractivity contribution in [2.45, 2.75) is 19.4 Å². The average Bonchev–Trinajstić information content (AvgIpc) is 2.53. The molecule has 0 fully saturated rings. The fraction of sp³-hybridized carbons (Fsp3) is 0.235. The molecule has 0 bridgehead atoms. The number of nitrogens with two attached hydrogens (primary N) is 1. The number of para-hydroxylation sites is 1. The van der Waals surface area contributed by atoms with Crippen LogP contribution >= 0.6 is 0 Å². The summed E-state index contributed by atoms with van der Waals surface area (Å²) in [5, 5.41) is 2.86. The van der Waals surface area contributed by atoms with Crippen LogP contribution in [0, 0.1) is 0 Å². The number of rotatable bonds is 7. The minimum Gasteiger partial charge on any atom is -0.494 e. The molecule has 0 atom stereocenters. The van der Waals surface area contributed by atoms with Crippen LogP contribution in [0.5, 0.6) is 5.75 Å². The lowest BCUT2D eigenvalue weighted by molar-refractivity contribution is -0.116. The van der Waals surface area contributed by atoms with Gasteiger partial charge in [0.25, 0.3) is 0 Å². The largest absolute Gasteiger partial charge is 0.494 e. The smallest absolute Gasteiger partial charge is 0.224 e. The van der Waals surface area contributed by atoms with E-state index in [0.29, 0.717) is 26.0 Å². The van der Waals surface area contributed by atoms with Crippen LogP contribution in [-0.2, 0) is 11.3 Å². The van der Waals surface area contributed by atoms with Crippen LogP contribution in [0.25, 0.3) is 0 Å². The maximum Gasteiger partial charge on any atom is 0.224 e. The molecule has 4 nitrogen and oxygen atoms in total. The summed E-state index contributed by atoms with van der Waals surface area (Å²) >= 11 is 0. The number of nitrogens with one attached hydrogen (secondary N) is 1. The minimum atomic E-state index is -0.00726. The highest BCUT2D eigenvalue weighted by Gasteiger charge is 2.02. The first-order valence-electron chi connectivity index (χ1n) is 7.04. The van der Waals surface area contributed by atoms with Gasteiger partial charge in [-0.05, 0) is 36.2 Å². The number of ether oxygens (including phenoxy) is 1. The summed E-state index contributed by atoms with van der Waals surface area (Å²) in [4.78, 5) is 11.8. The molecule has 4 heteroatoms. The van der Waals surface area contributed by atoms with E-state index < -0.39 is 0 Å². The summed E-state index contributed by atoms with van der Waals surface area (Å²) in [6.45, 7) is 1.04. The quantitative estimate of drug-likeness (QED) is 0.768. The molecule has 0 radical (unpaired) electrons. The molecule has 2 aromatic rings. The van der Waals surface area contributed by atoms with E-state index in [9.17, 15) is 4.79 Å². The summed E-state index contributed by atoms with van der Waals surface area (Å²) in [6.07, 6.45) is 1.12. The Morgan fingerprint density at radius 2 is 1.76 bits per heavy atom. The lowest BCUT2D eigenvalue weighted by Gasteiger charge is -2.07. The second-order valence-electron chi connectivity index (χ2n) is 4.71. The first kappa shape index (κ1) is 15.1. The number of hydrogen-bond acceptors (Lipinski definition) is 3. The van der Waals surface area contributed by atoms with Gasteiger partial charge in [0.1, 0.15) is 5.75 Å². The van der Waals surface area contributed by atoms with Gasteiger partial charge in [-0.15, -0.1) is 0 Å². The summed E-state index contributed by atoms with van der Waals surface area (Å²) in [5.41, 5.74) is 7.37. The molecule has 110 valence electrons. The molecular weight excluding hydrogens is 264 g/mol. The van der Waals surface area contributed by atoms with Crippen molar-refractivity contribution >= 4 is 11.6 Å². The number of hydrogen-bond donors (Lipinski definition) is 2. The maximum atomic E-state index is 11.8. The molecule has 0 aliphatic rings. The third kappa shape index (κ3) is 5.28. The minimum absolute atomic E-state index is 0.00726.